The molecule has 0 aliphatic carbocycles. The number of nitrogens with zero attached hydrogens (tertiary/aromatic N) is 2. The van der Waals surface area contributed by atoms with Crippen LogP contribution >= 0.6 is 15.9 Å². The Hall–Kier alpha value is -1.13. The molecule has 0 fully saturated rings. The zero-order valence-corrected chi connectivity index (χ0v) is 13.9. The Morgan fingerprint density at radius 1 is 1.35 bits per heavy atom. The van der Waals surface area contributed by atoms with Crippen LogP contribution in [0.2, 0.25) is 0 Å². The lowest BCUT2D eigenvalue weighted by Gasteiger charge is -2.10. The molecule has 0 radical (unpaired) electrons. The van der Waals surface area contributed by atoms with Crippen molar-refractivity contribution < 1.29 is 0 Å². The van der Waals surface area contributed by atoms with Crippen molar-refractivity contribution >= 4 is 15.9 Å². The molecule has 4 heteroatoms. The van der Waals surface area contributed by atoms with E-state index in [1.165, 1.54) is 16.8 Å². The maximum Gasteiger partial charge on any atom is 0.0663 e. The summed E-state index contributed by atoms with van der Waals surface area (Å²) in [6, 6.07) is 8.89. The van der Waals surface area contributed by atoms with Crippen LogP contribution in [0.4, 0.5) is 0 Å². The minimum atomic E-state index is 0.494. The smallest absolute Gasteiger partial charge is 0.0663 e. The first kappa shape index (κ1) is 15.3. The predicted molar refractivity (Wildman–Crippen MR) is 86.8 cm³/mol. The maximum absolute atomic E-state index is 4.55. The van der Waals surface area contributed by atoms with Crippen LogP contribution in [0, 0.1) is 0 Å². The highest BCUT2D eigenvalue weighted by molar-refractivity contribution is 9.10. The lowest BCUT2D eigenvalue weighted by molar-refractivity contribution is 0.582. The summed E-state index contributed by atoms with van der Waals surface area (Å²) in [5, 5.41) is 8.01. The molecule has 0 aliphatic rings. The lowest BCUT2D eigenvalue weighted by Crippen LogP contribution is -2.22. The van der Waals surface area contributed by atoms with Crippen LogP contribution in [0.3, 0.4) is 0 Å². The van der Waals surface area contributed by atoms with E-state index in [0.717, 1.165) is 24.0 Å². The van der Waals surface area contributed by atoms with Crippen LogP contribution in [0.1, 0.15) is 37.6 Å². The third-order valence-electron chi connectivity index (χ3n) is 3.29. The fraction of sp³-hybridized carbons (Fsp3) is 0.438. The van der Waals surface area contributed by atoms with E-state index in [-0.39, 0.29) is 0 Å². The van der Waals surface area contributed by atoms with Crippen LogP contribution in [-0.4, -0.2) is 15.8 Å². The van der Waals surface area contributed by atoms with Gasteiger partial charge >= 0.3 is 0 Å². The van der Waals surface area contributed by atoms with Crippen molar-refractivity contribution in [3.05, 3.63) is 51.8 Å². The molecule has 1 aromatic carbocycles. The molecule has 0 saturated heterocycles. The van der Waals surface area contributed by atoms with Gasteiger partial charge in [-0.2, -0.15) is 5.10 Å². The molecule has 0 aliphatic heterocycles. The molecule has 0 unspecified atom stereocenters. The monoisotopic (exact) mass is 335 g/mol. The van der Waals surface area contributed by atoms with E-state index in [1.54, 1.807) is 0 Å². The predicted octanol–water partition coefficient (Wildman–Crippen LogP) is 3.75. The molecular weight excluding hydrogens is 314 g/mol. The van der Waals surface area contributed by atoms with E-state index < -0.39 is 0 Å². The van der Waals surface area contributed by atoms with Gasteiger partial charge in [-0.1, -0.05) is 48.8 Å². The largest absolute Gasteiger partial charge is 0.310 e. The van der Waals surface area contributed by atoms with Crippen molar-refractivity contribution in [1.29, 1.82) is 0 Å². The zero-order chi connectivity index (χ0) is 14.5. The second-order valence-corrected chi connectivity index (χ2v) is 6.21. The molecule has 0 saturated carbocycles. The third kappa shape index (κ3) is 3.93. The van der Waals surface area contributed by atoms with Gasteiger partial charge in [-0.05, 0) is 24.1 Å². The molecule has 1 aromatic heterocycles. The molecule has 3 nitrogen and oxygen atoms in total. The van der Waals surface area contributed by atoms with Crippen LogP contribution < -0.4 is 5.32 Å². The number of halogens is 1. The molecule has 0 bridgehead atoms. The van der Waals surface area contributed by atoms with Crippen molar-refractivity contribution in [2.45, 2.75) is 46.3 Å². The molecule has 0 spiro atoms. The van der Waals surface area contributed by atoms with Crippen LogP contribution in [0.5, 0.6) is 0 Å². The number of nitrogens with one attached hydrogen (secondary N) is 1. The van der Waals surface area contributed by atoms with Gasteiger partial charge in [-0.3, -0.25) is 4.68 Å². The fourth-order valence-electron chi connectivity index (χ4n) is 2.27. The highest BCUT2D eigenvalue weighted by Crippen LogP contribution is 2.15. The Labute approximate surface area is 129 Å². The summed E-state index contributed by atoms with van der Waals surface area (Å²) >= 11 is 3.52. The molecule has 20 heavy (non-hydrogen) atoms. The number of hydrogen-bond acceptors (Lipinski definition) is 2. The van der Waals surface area contributed by atoms with Gasteiger partial charge in [0.15, 0.2) is 0 Å². The molecule has 0 atom stereocenters. The average Bonchev–Trinajstić information content (AvgIpc) is 2.78. The van der Waals surface area contributed by atoms with Gasteiger partial charge in [0.05, 0.1) is 12.7 Å². The maximum atomic E-state index is 4.55. The van der Waals surface area contributed by atoms with Gasteiger partial charge in [0.2, 0.25) is 0 Å². The van der Waals surface area contributed by atoms with Gasteiger partial charge in [0.25, 0.3) is 0 Å². The summed E-state index contributed by atoms with van der Waals surface area (Å²) in [5.41, 5.74) is 3.88. The molecule has 108 valence electrons. The van der Waals surface area contributed by atoms with Crippen LogP contribution in [-0.2, 0) is 19.5 Å². The van der Waals surface area contributed by atoms with Crippen molar-refractivity contribution in [1.82, 2.24) is 15.1 Å². The first-order chi connectivity index (χ1) is 9.60. The minimum Gasteiger partial charge on any atom is -0.310 e. The highest BCUT2D eigenvalue weighted by atomic mass is 79.9. The zero-order valence-electron chi connectivity index (χ0n) is 12.4. The Morgan fingerprint density at radius 2 is 2.15 bits per heavy atom. The third-order valence-corrected chi connectivity index (χ3v) is 3.79. The van der Waals surface area contributed by atoms with E-state index in [1.807, 2.05) is 12.3 Å². The summed E-state index contributed by atoms with van der Waals surface area (Å²) in [6.45, 7) is 8.23. The summed E-state index contributed by atoms with van der Waals surface area (Å²) in [4.78, 5) is 0. The second kappa shape index (κ2) is 7.04. The van der Waals surface area contributed by atoms with Crippen molar-refractivity contribution in [2.24, 2.45) is 0 Å². The molecule has 2 aromatic rings. The Morgan fingerprint density at radius 3 is 2.80 bits per heavy atom. The van der Waals surface area contributed by atoms with E-state index in [4.69, 9.17) is 0 Å². The Bertz CT molecular complexity index is 561. The van der Waals surface area contributed by atoms with E-state index in [9.17, 15) is 0 Å². The molecule has 2 rings (SSSR count). The molecule has 0 amide bonds. The fourth-order valence-corrected chi connectivity index (χ4v) is 2.71. The van der Waals surface area contributed by atoms with Gasteiger partial charge in [-0.15, -0.1) is 0 Å². The normalized spacial score (nSPS) is 11.2. The second-order valence-electron chi connectivity index (χ2n) is 5.29. The van der Waals surface area contributed by atoms with Gasteiger partial charge in [0.1, 0.15) is 0 Å². The molecular formula is C16H22BrN3. The Kier molecular flexibility index (Phi) is 5.38. The van der Waals surface area contributed by atoms with Gasteiger partial charge in [0, 0.05) is 28.3 Å². The van der Waals surface area contributed by atoms with E-state index >= 15 is 0 Å². The van der Waals surface area contributed by atoms with Crippen molar-refractivity contribution in [3.63, 3.8) is 0 Å². The summed E-state index contributed by atoms with van der Waals surface area (Å²) in [7, 11) is 0. The highest BCUT2D eigenvalue weighted by Gasteiger charge is 2.09. The molecule has 1 heterocycles. The Balaban J connectivity index is 2.16. The van der Waals surface area contributed by atoms with Crippen LogP contribution in [0.25, 0.3) is 0 Å². The van der Waals surface area contributed by atoms with E-state index in [2.05, 4.69) is 70.0 Å². The summed E-state index contributed by atoms with van der Waals surface area (Å²) < 4.78 is 3.22. The number of aromatic nitrogens is 2. The topological polar surface area (TPSA) is 29.9 Å². The SMILES string of the molecule is CCc1c(CNC(C)C)cnn1Cc1cccc(Br)c1. The van der Waals surface area contributed by atoms with Crippen molar-refractivity contribution in [2.75, 3.05) is 0 Å². The molecule has 1 N–H and O–H groups in total. The standard InChI is InChI=1S/C16H22BrN3/c1-4-16-14(9-18-12(2)3)10-19-20(16)11-13-6-5-7-15(17)8-13/h5-8,10,12,18H,4,9,11H2,1-3H3. The van der Waals surface area contributed by atoms with Gasteiger partial charge < -0.3 is 5.32 Å². The van der Waals surface area contributed by atoms with Crippen molar-refractivity contribution in [3.8, 4) is 0 Å². The quantitative estimate of drug-likeness (QED) is 0.871. The van der Waals surface area contributed by atoms with E-state index in [0.29, 0.717) is 6.04 Å². The summed E-state index contributed by atoms with van der Waals surface area (Å²) in [5.74, 6) is 0. The summed E-state index contributed by atoms with van der Waals surface area (Å²) in [6.07, 6.45) is 3.00. The minimum absolute atomic E-state index is 0.494. The number of hydrogen-bond donors (Lipinski definition) is 1. The number of rotatable bonds is 6. The first-order valence-corrected chi connectivity index (χ1v) is 7.90. The number of benzene rings is 1. The average molecular weight is 336 g/mol. The van der Waals surface area contributed by atoms with Crippen LogP contribution in [0.15, 0.2) is 34.9 Å². The van der Waals surface area contributed by atoms with Gasteiger partial charge in [-0.25, -0.2) is 0 Å². The first-order valence-electron chi connectivity index (χ1n) is 7.11. The lowest BCUT2D eigenvalue weighted by atomic mass is 10.2.